The Balaban J connectivity index is 1.36. The number of thioether (sulfide) groups is 1. The fraction of sp³-hybridized carbons (Fsp3) is 0.409. The van der Waals surface area contributed by atoms with Crippen molar-refractivity contribution in [3.8, 4) is 11.4 Å². The molecule has 3 aromatic rings. The van der Waals surface area contributed by atoms with Crippen LogP contribution in [0, 0.1) is 6.92 Å². The van der Waals surface area contributed by atoms with E-state index in [1.54, 1.807) is 6.26 Å². The van der Waals surface area contributed by atoms with E-state index in [9.17, 15) is 4.79 Å². The minimum Gasteiger partial charge on any atom is -0.469 e. The first-order chi connectivity index (χ1) is 15.2. The Kier molecular flexibility index (Phi) is 6.93. The number of hydrogen-bond acceptors (Lipinski definition) is 7. The van der Waals surface area contributed by atoms with Crippen molar-refractivity contribution in [1.82, 2.24) is 14.8 Å². The number of ether oxygens (including phenoxy) is 1. The van der Waals surface area contributed by atoms with Crippen LogP contribution in [0.25, 0.3) is 11.4 Å². The van der Waals surface area contributed by atoms with E-state index < -0.39 is 0 Å². The van der Waals surface area contributed by atoms with Gasteiger partial charge in [-0.1, -0.05) is 18.7 Å². The number of carbonyl (C=O) groups is 1. The van der Waals surface area contributed by atoms with E-state index in [2.05, 4.69) is 27.3 Å². The molecule has 3 heterocycles. The number of benzene rings is 1. The lowest BCUT2D eigenvalue weighted by atomic mass is 10.2. The van der Waals surface area contributed by atoms with Crippen LogP contribution in [0.3, 0.4) is 0 Å². The molecule has 4 rings (SSSR count). The molecule has 164 valence electrons. The maximum absolute atomic E-state index is 12.5. The first-order valence-electron chi connectivity index (χ1n) is 10.5. The van der Waals surface area contributed by atoms with E-state index in [4.69, 9.17) is 9.15 Å². The fourth-order valence-corrected chi connectivity index (χ4v) is 4.31. The standard InChI is InChI=1S/C22H27N5O3S/c1-3-9-27-21(19-8-12-30-16(19)2)24-25-22(27)31-15-20(28)23-17-4-6-18(7-5-17)26-10-13-29-14-11-26/h4-8,12H,3,9-11,13-15H2,1-2H3,(H,23,28). The summed E-state index contributed by atoms with van der Waals surface area (Å²) in [5.74, 6) is 1.77. The lowest BCUT2D eigenvalue weighted by Crippen LogP contribution is -2.36. The number of nitrogens with zero attached hydrogens (tertiary/aromatic N) is 4. The van der Waals surface area contributed by atoms with Crippen LogP contribution in [0.1, 0.15) is 19.1 Å². The number of furan rings is 1. The van der Waals surface area contributed by atoms with Crippen LogP contribution < -0.4 is 10.2 Å². The van der Waals surface area contributed by atoms with Gasteiger partial charge in [-0.25, -0.2) is 0 Å². The molecule has 8 nitrogen and oxygen atoms in total. The Bertz CT molecular complexity index is 1010. The molecular weight excluding hydrogens is 414 g/mol. The summed E-state index contributed by atoms with van der Waals surface area (Å²) in [6, 6.07) is 9.84. The number of amides is 1. The third-order valence-corrected chi connectivity index (χ3v) is 6.09. The van der Waals surface area contributed by atoms with E-state index in [0.29, 0.717) is 0 Å². The molecule has 1 aliphatic rings. The number of morpholine rings is 1. The highest BCUT2D eigenvalue weighted by molar-refractivity contribution is 7.99. The summed E-state index contributed by atoms with van der Waals surface area (Å²) in [7, 11) is 0. The monoisotopic (exact) mass is 441 g/mol. The summed E-state index contributed by atoms with van der Waals surface area (Å²) in [5.41, 5.74) is 2.86. The quantitative estimate of drug-likeness (QED) is 0.532. The molecule has 0 atom stereocenters. The van der Waals surface area contributed by atoms with Crippen molar-refractivity contribution in [3.63, 3.8) is 0 Å². The maximum atomic E-state index is 12.5. The molecule has 0 bridgehead atoms. The highest BCUT2D eigenvalue weighted by Gasteiger charge is 2.18. The highest BCUT2D eigenvalue weighted by atomic mass is 32.2. The second-order valence-electron chi connectivity index (χ2n) is 7.33. The van der Waals surface area contributed by atoms with Gasteiger partial charge in [0.05, 0.1) is 30.8 Å². The molecule has 9 heteroatoms. The molecule has 1 fully saturated rings. The van der Waals surface area contributed by atoms with E-state index in [1.807, 2.05) is 41.8 Å². The Morgan fingerprint density at radius 2 is 1.94 bits per heavy atom. The van der Waals surface area contributed by atoms with E-state index in [0.717, 1.165) is 72.9 Å². The van der Waals surface area contributed by atoms with Gasteiger partial charge in [-0.2, -0.15) is 0 Å². The summed E-state index contributed by atoms with van der Waals surface area (Å²) in [4.78, 5) is 14.8. The average molecular weight is 442 g/mol. The van der Waals surface area contributed by atoms with Gasteiger partial charge in [-0.3, -0.25) is 4.79 Å². The predicted octanol–water partition coefficient (Wildman–Crippen LogP) is 3.82. The lowest BCUT2D eigenvalue weighted by Gasteiger charge is -2.28. The molecule has 1 aliphatic heterocycles. The fourth-order valence-electron chi connectivity index (χ4n) is 3.54. The van der Waals surface area contributed by atoms with E-state index in [-0.39, 0.29) is 11.7 Å². The molecule has 0 aliphatic carbocycles. The molecule has 31 heavy (non-hydrogen) atoms. The number of nitrogens with one attached hydrogen (secondary N) is 1. The Morgan fingerprint density at radius 3 is 2.61 bits per heavy atom. The largest absolute Gasteiger partial charge is 0.469 e. The third-order valence-electron chi connectivity index (χ3n) is 5.12. The third kappa shape index (κ3) is 5.11. The van der Waals surface area contributed by atoms with Crippen molar-refractivity contribution in [3.05, 3.63) is 42.4 Å². The SMILES string of the molecule is CCCn1c(SCC(=O)Nc2ccc(N3CCOCC3)cc2)nnc1-c1ccoc1C. The van der Waals surface area contributed by atoms with Gasteiger partial charge in [0, 0.05) is 31.0 Å². The van der Waals surface area contributed by atoms with E-state index >= 15 is 0 Å². The summed E-state index contributed by atoms with van der Waals surface area (Å²) >= 11 is 1.39. The zero-order valence-electron chi connectivity index (χ0n) is 17.8. The molecule has 1 N–H and O–H groups in total. The summed E-state index contributed by atoms with van der Waals surface area (Å²) < 4.78 is 12.9. The van der Waals surface area contributed by atoms with Crippen molar-refractivity contribution in [1.29, 1.82) is 0 Å². The van der Waals surface area contributed by atoms with Gasteiger partial charge in [0.2, 0.25) is 5.91 Å². The van der Waals surface area contributed by atoms with Crippen molar-refractivity contribution < 1.29 is 13.9 Å². The van der Waals surface area contributed by atoms with Gasteiger partial charge in [-0.05, 0) is 43.7 Å². The minimum atomic E-state index is -0.0730. The average Bonchev–Trinajstić information content (AvgIpc) is 3.39. The molecule has 0 radical (unpaired) electrons. The van der Waals surface area contributed by atoms with E-state index in [1.165, 1.54) is 11.8 Å². The van der Waals surface area contributed by atoms with Crippen LogP contribution in [0.4, 0.5) is 11.4 Å². The number of aromatic nitrogens is 3. The molecule has 0 unspecified atom stereocenters. The number of hydrogen-bond donors (Lipinski definition) is 1. The highest BCUT2D eigenvalue weighted by Crippen LogP contribution is 2.27. The molecule has 0 saturated carbocycles. The van der Waals surface area contributed by atoms with Gasteiger partial charge in [0.15, 0.2) is 11.0 Å². The van der Waals surface area contributed by atoms with Gasteiger partial charge in [0.1, 0.15) is 5.76 Å². The second-order valence-corrected chi connectivity index (χ2v) is 8.27. The molecule has 1 amide bonds. The van der Waals surface area contributed by atoms with Crippen molar-refractivity contribution in [2.24, 2.45) is 0 Å². The summed E-state index contributed by atoms with van der Waals surface area (Å²) in [6.07, 6.45) is 2.59. The van der Waals surface area contributed by atoms with Crippen LogP contribution in [0.5, 0.6) is 0 Å². The zero-order valence-corrected chi connectivity index (χ0v) is 18.7. The van der Waals surface area contributed by atoms with Crippen LogP contribution in [0.15, 0.2) is 46.2 Å². The molecular formula is C22H27N5O3S. The lowest BCUT2D eigenvalue weighted by molar-refractivity contribution is -0.113. The van der Waals surface area contributed by atoms with Crippen LogP contribution in [-0.2, 0) is 16.1 Å². The van der Waals surface area contributed by atoms with Crippen molar-refractivity contribution >= 4 is 29.0 Å². The molecule has 1 saturated heterocycles. The molecule has 0 spiro atoms. The van der Waals surface area contributed by atoms with Gasteiger partial charge < -0.3 is 23.9 Å². The van der Waals surface area contributed by atoms with Crippen LogP contribution in [0.2, 0.25) is 0 Å². The Labute approximate surface area is 186 Å². The normalized spacial score (nSPS) is 14.1. The number of aryl methyl sites for hydroxylation is 1. The number of anilines is 2. The Hall–Kier alpha value is -2.78. The van der Waals surface area contributed by atoms with Gasteiger partial charge in [-0.15, -0.1) is 10.2 Å². The smallest absolute Gasteiger partial charge is 0.234 e. The number of carbonyl (C=O) groups excluding carboxylic acids is 1. The zero-order chi connectivity index (χ0) is 21.6. The summed E-state index contributed by atoms with van der Waals surface area (Å²) in [5, 5.41) is 12.3. The first-order valence-corrected chi connectivity index (χ1v) is 11.5. The topological polar surface area (TPSA) is 85.4 Å². The molecule has 1 aromatic carbocycles. The minimum absolute atomic E-state index is 0.0730. The second kappa shape index (κ2) is 10.0. The van der Waals surface area contributed by atoms with Gasteiger partial charge in [0.25, 0.3) is 0 Å². The number of rotatable bonds is 8. The van der Waals surface area contributed by atoms with Gasteiger partial charge >= 0.3 is 0 Å². The van der Waals surface area contributed by atoms with Crippen LogP contribution in [-0.4, -0.2) is 52.7 Å². The summed E-state index contributed by atoms with van der Waals surface area (Å²) in [6.45, 7) is 8.07. The van der Waals surface area contributed by atoms with Crippen molar-refractivity contribution in [2.45, 2.75) is 32.0 Å². The van der Waals surface area contributed by atoms with Crippen molar-refractivity contribution in [2.75, 3.05) is 42.3 Å². The predicted molar refractivity (Wildman–Crippen MR) is 122 cm³/mol. The Morgan fingerprint density at radius 1 is 1.16 bits per heavy atom. The first kappa shape index (κ1) is 21.5. The maximum Gasteiger partial charge on any atom is 0.234 e. The van der Waals surface area contributed by atoms with Crippen LogP contribution >= 0.6 is 11.8 Å². The molecule has 2 aromatic heterocycles.